The Bertz CT molecular complexity index is 2620. The van der Waals surface area contributed by atoms with Crippen LogP contribution < -0.4 is 26.4 Å². The van der Waals surface area contributed by atoms with Gasteiger partial charge in [0, 0.05) is 17.0 Å². The molecular formula is C45H49FN6O6SSi. The number of carbonyl (C=O) groups is 1. The second kappa shape index (κ2) is 16.8. The number of nitriles is 1. The van der Waals surface area contributed by atoms with Gasteiger partial charge in [-0.1, -0.05) is 92.8 Å². The summed E-state index contributed by atoms with van der Waals surface area (Å²) in [5.41, 5.74) is -2.44. The van der Waals surface area contributed by atoms with Gasteiger partial charge in [0.05, 0.1) is 43.6 Å². The molecule has 6 aromatic rings. The van der Waals surface area contributed by atoms with Crippen molar-refractivity contribution in [2.24, 2.45) is 5.92 Å². The summed E-state index contributed by atoms with van der Waals surface area (Å²) in [4.78, 5) is 47.2. The van der Waals surface area contributed by atoms with Gasteiger partial charge in [-0.25, -0.2) is 13.8 Å². The molecule has 3 heterocycles. The number of nitrogens with zero attached hydrogens (tertiary/aromatic N) is 6. The largest absolute Gasteiger partial charge is 0.508 e. The van der Waals surface area contributed by atoms with E-state index in [0.717, 1.165) is 26.3 Å². The van der Waals surface area contributed by atoms with Crippen LogP contribution in [0.3, 0.4) is 0 Å². The molecule has 7 rings (SSSR count). The number of benzene rings is 3. The van der Waals surface area contributed by atoms with Gasteiger partial charge in [-0.05, 0) is 80.1 Å². The molecule has 0 amide bonds. The first-order valence-electron chi connectivity index (χ1n) is 20.0. The Labute approximate surface area is 352 Å². The zero-order valence-electron chi connectivity index (χ0n) is 34.8. The van der Waals surface area contributed by atoms with Crippen LogP contribution in [0.1, 0.15) is 77.5 Å². The highest BCUT2D eigenvalue weighted by molar-refractivity contribution is 7.21. The van der Waals surface area contributed by atoms with Gasteiger partial charge in [0.15, 0.2) is 0 Å². The number of carbonyl (C=O) groups excluding carboxylic acids is 1. The Morgan fingerprint density at radius 3 is 2.10 bits per heavy atom. The molecule has 1 atom stereocenters. The van der Waals surface area contributed by atoms with Crippen LogP contribution in [0, 0.1) is 30.0 Å². The maximum atomic E-state index is 15.3. The van der Waals surface area contributed by atoms with Crippen LogP contribution in [0.2, 0.25) is 5.04 Å². The maximum Gasteiger partial charge on any atom is 0.333 e. The Hall–Kier alpha value is -5.69. The maximum absolute atomic E-state index is 15.3. The van der Waals surface area contributed by atoms with Gasteiger partial charge < -0.3 is 13.9 Å². The number of ether oxygens (including phenoxy) is 2. The number of aromatic nitrogens is 5. The van der Waals surface area contributed by atoms with E-state index < -0.39 is 48.0 Å². The molecule has 0 radical (unpaired) electrons. The summed E-state index contributed by atoms with van der Waals surface area (Å²) in [5.74, 6) is -1.02. The molecule has 312 valence electrons. The predicted octanol–water partition coefficient (Wildman–Crippen LogP) is 6.94. The summed E-state index contributed by atoms with van der Waals surface area (Å²) in [7, 11) is -2.03. The molecule has 1 saturated carbocycles. The first kappa shape index (κ1) is 42.4. The van der Waals surface area contributed by atoms with Gasteiger partial charge in [0.25, 0.3) is 5.56 Å². The summed E-state index contributed by atoms with van der Waals surface area (Å²) >= 11 is 1.15. The summed E-state index contributed by atoms with van der Waals surface area (Å²) in [5, 5.41) is 20.0. The first-order chi connectivity index (χ1) is 28.6. The number of hydrogen-bond acceptors (Lipinski definition) is 10. The Morgan fingerprint density at radius 1 is 0.950 bits per heavy atom. The van der Waals surface area contributed by atoms with Crippen molar-refractivity contribution in [2.75, 3.05) is 7.11 Å². The average molecular weight is 849 g/mol. The van der Waals surface area contributed by atoms with E-state index >= 15 is 18.8 Å². The topological polar surface area (TPSA) is 143 Å². The number of aryl methyl sites for hydroxylation is 1. The van der Waals surface area contributed by atoms with Gasteiger partial charge >= 0.3 is 20.0 Å². The second-order valence-corrected chi connectivity index (χ2v) is 22.0. The standard InChI is InChI=1S/C45H49FN6O6SSi/c1-29-38-39(53)51(45(5,6)42(54)58-60(44(2,3)4,33-14-10-8-11-15-33)34-16-12-9-13-17-34)43(55)50(41(38)59-40(29)52-48-24-25-49-52)28-37(35-26-31(46)20-23-36(35)56-7)57-32-21-18-30(27-47)19-22-32/h8-17,20,23-26,30,32,37H,18-19,21-22,28H2,1-7H3/t30-,32-,37-/m0/s1. The highest BCUT2D eigenvalue weighted by atomic mass is 32.1. The summed E-state index contributed by atoms with van der Waals surface area (Å²) in [6, 6.07) is 25.8. The lowest BCUT2D eigenvalue weighted by Crippen LogP contribution is -2.69. The monoisotopic (exact) mass is 848 g/mol. The number of hydrogen-bond donors (Lipinski definition) is 0. The molecule has 60 heavy (non-hydrogen) atoms. The molecule has 0 bridgehead atoms. The van der Waals surface area contributed by atoms with E-state index in [9.17, 15) is 5.26 Å². The van der Waals surface area contributed by atoms with Crippen molar-refractivity contribution in [3.63, 3.8) is 0 Å². The predicted molar refractivity (Wildman–Crippen MR) is 231 cm³/mol. The molecule has 1 aliphatic carbocycles. The van der Waals surface area contributed by atoms with Gasteiger partial charge in [-0.3, -0.25) is 14.2 Å². The minimum atomic E-state index is -3.50. The molecule has 15 heteroatoms. The molecule has 0 saturated heterocycles. The number of methoxy groups -OCH3 is 1. The van der Waals surface area contributed by atoms with E-state index in [-0.39, 0.29) is 24.0 Å². The Kier molecular flexibility index (Phi) is 11.8. The van der Waals surface area contributed by atoms with Gasteiger partial charge in [0.1, 0.15) is 33.0 Å². The molecule has 0 unspecified atom stereocenters. The minimum Gasteiger partial charge on any atom is -0.508 e. The number of fused-ring (bicyclic) bond motifs is 1. The highest BCUT2D eigenvalue weighted by Crippen LogP contribution is 2.40. The zero-order valence-corrected chi connectivity index (χ0v) is 36.7. The van der Waals surface area contributed by atoms with Crippen molar-refractivity contribution in [3.05, 3.63) is 129 Å². The van der Waals surface area contributed by atoms with E-state index in [1.165, 1.54) is 60.9 Å². The molecule has 0 aliphatic heterocycles. The van der Waals surface area contributed by atoms with E-state index in [4.69, 9.17) is 13.9 Å². The van der Waals surface area contributed by atoms with E-state index in [2.05, 4.69) is 16.3 Å². The Morgan fingerprint density at radius 2 is 1.55 bits per heavy atom. The fraction of sp³-hybridized carbons (Fsp3) is 0.378. The smallest absolute Gasteiger partial charge is 0.333 e. The van der Waals surface area contributed by atoms with Crippen LogP contribution in [0.5, 0.6) is 5.75 Å². The summed E-state index contributed by atoms with van der Waals surface area (Å²) in [6.07, 6.45) is 4.21. The van der Waals surface area contributed by atoms with Gasteiger partial charge in [0.2, 0.25) is 0 Å². The quantitative estimate of drug-likeness (QED) is 0.120. The molecule has 1 fully saturated rings. The number of thiophene rings is 1. The van der Waals surface area contributed by atoms with Crippen LogP contribution in [0.4, 0.5) is 4.39 Å². The van der Waals surface area contributed by atoms with Crippen molar-refractivity contribution >= 4 is 46.2 Å². The Balaban J connectivity index is 1.43. The second-order valence-electron chi connectivity index (χ2n) is 16.8. The fourth-order valence-corrected chi connectivity index (χ4v) is 14.1. The van der Waals surface area contributed by atoms with Crippen LogP contribution >= 0.6 is 11.3 Å². The van der Waals surface area contributed by atoms with Crippen molar-refractivity contribution in [3.8, 4) is 16.8 Å². The molecule has 12 nitrogen and oxygen atoms in total. The van der Waals surface area contributed by atoms with Crippen LogP contribution in [-0.2, 0) is 26.0 Å². The molecular weight excluding hydrogens is 800 g/mol. The van der Waals surface area contributed by atoms with Gasteiger partial charge in [-0.2, -0.15) is 15.5 Å². The highest BCUT2D eigenvalue weighted by Gasteiger charge is 2.55. The third-order valence-corrected chi connectivity index (χ3v) is 17.8. The van der Waals surface area contributed by atoms with Crippen LogP contribution in [-0.4, -0.2) is 51.6 Å². The lowest BCUT2D eigenvalue weighted by Gasteiger charge is -2.43. The molecule has 3 aromatic carbocycles. The molecule has 0 N–H and O–H groups in total. The van der Waals surface area contributed by atoms with Crippen molar-refractivity contribution in [1.82, 2.24) is 24.1 Å². The summed E-state index contributed by atoms with van der Waals surface area (Å²) in [6.45, 7) is 10.7. The van der Waals surface area contributed by atoms with E-state index in [1.807, 2.05) is 81.4 Å². The first-order valence-corrected chi connectivity index (χ1v) is 22.7. The van der Waals surface area contributed by atoms with Gasteiger partial charge in [-0.15, -0.1) is 4.80 Å². The number of rotatable bonds is 12. The van der Waals surface area contributed by atoms with Crippen LogP contribution in [0.25, 0.3) is 15.2 Å². The van der Waals surface area contributed by atoms with E-state index in [1.54, 1.807) is 6.92 Å². The fourth-order valence-electron chi connectivity index (χ4n) is 8.40. The van der Waals surface area contributed by atoms with Crippen molar-refractivity contribution in [2.45, 2.75) is 96.6 Å². The van der Waals surface area contributed by atoms with Crippen LogP contribution in [0.15, 0.2) is 101 Å². The molecule has 1 aliphatic rings. The molecule has 0 spiro atoms. The normalized spacial score (nSPS) is 16.6. The average Bonchev–Trinajstić information content (AvgIpc) is 3.89. The third kappa shape index (κ3) is 7.63. The van der Waals surface area contributed by atoms with Crippen molar-refractivity contribution < 1.29 is 23.1 Å². The SMILES string of the molecule is COc1ccc(F)cc1[C@H](Cn1c(=O)n(C(C)(C)C(=O)O[Si](c2ccccc2)(c2ccccc2)C(C)(C)C)c(=O)c2c(C)c(-n3nccn3)sc21)O[C@H]1CC[C@H](C#N)CC1. The third-order valence-electron chi connectivity index (χ3n) is 11.6. The van der Waals surface area contributed by atoms with Crippen molar-refractivity contribution in [1.29, 1.82) is 5.26 Å². The number of halogens is 1. The zero-order chi connectivity index (χ0) is 43.0. The lowest BCUT2D eigenvalue weighted by molar-refractivity contribution is -0.144. The molecule has 3 aromatic heterocycles. The summed E-state index contributed by atoms with van der Waals surface area (Å²) < 4.78 is 36.9. The minimum absolute atomic E-state index is 0.0907. The van der Waals surface area contributed by atoms with E-state index in [0.29, 0.717) is 52.4 Å². The lowest BCUT2D eigenvalue weighted by atomic mass is 9.88.